The van der Waals surface area contributed by atoms with E-state index in [2.05, 4.69) is 26.0 Å². The molecule has 0 saturated carbocycles. The number of carbonyl (C=O) groups is 3. The van der Waals surface area contributed by atoms with Gasteiger partial charge in [-0.25, -0.2) is 8.42 Å². The van der Waals surface area contributed by atoms with Crippen LogP contribution in [0, 0.1) is 17.8 Å². The van der Waals surface area contributed by atoms with Crippen molar-refractivity contribution >= 4 is 38.6 Å². The Hall–Kier alpha value is -3.06. The summed E-state index contributed by atoms with van der Waals surface area (Å²) < 4.78 is 28.0. The third-order valence-electron chi connectivity index (χ3n) is 8.69. The minimum Gasteiger partial charge on any atom is -0.480 e. The van der Waals surface area contributed by atoms with Crippen LogP contribution in [0.5, 0.6) is 0 Å². The topological polar surface area (TPSA) is 166 Å². The first-order chi connectivity index (χ1) is 20.7. The number of benzene rings is 2. The fourth-order valence-electron chi connectivity index (χ4n) is 5.98. The lowest BCUT2D eigenvalue weighted by molar-refractivity contribution is -0.139. The molecule has 0 radical (unpaired) electrons. The SMILES string of the molecule is O=C(CNC(=O)C(CCC1CCNCC1)CCC1CCNCC1)NC[C@@H](NS(=O)(=O)c1ccc2ccccc2c1)C(=O)O. The molecule has 2 fully saturated rings. The first-order valence-electron chi connectivity index (χ1n) is 15.4. The highest BCUT2D eigenvalue weighted by Crippen LogP contribution is 2.27. The number of piperidine rings is 2. The maximum Gasteiger partial charge on any atom is 0.323 e. The predicted molar refractivity (Wildman–Crippen MR) is 165 cm³/mol. The van der Waals surface area contributed by atoms with Gasteiger partial charge in [0.15, 0.2) is 0 Å². The molecule has 2 heterocycles. The molecule has 2 aliphatic heterocycles. The Morgan fingerprint density at radius 3 is 2.00 bits per heavy atom. The zero-order valence-corrected chi connectivity index (χ0v) is 25.5. The van der Waals surface area contributed by atoms with Gasteiger partial charge in [-0.1, -0.05) is 30.3 Å². The number of aliphatic carboxylic acids is 1. The summed E-state index contributed by atoms with van der Waals surface area (Å²) in [6, 6.07) is 10.2. The van der Waals surface area contributed by atoms with Crippen LogP contribution in [-0.4, -0.2) is 76.6 Å². The average molecular weight is 616 g/mol. The summed E-state index contributed by atoms with van der Waals surface area (Å²) in [6.07, 6.45) is 7.97. The fraction of sp³-hybridized carbons (Fsp3) is 0.581. The number of hydrogen-bond donors (Lipinski definition) is 6. The van der Waals surface area contributed by atoms with Gasteiger partial charge >= 0.3 is 5.97 Å². The number of carboxylic acid groups (broad SMARTS) is 1. The molecule has 2 saturated heterocycles. The van der Waals surface area contributed by atoms with Crippen LogP contribution in [0.15, 0.2) is 47.4 Å². The van der Waals surface area contributed by atoms with Gasteiger partial charge in [0.05, 0.1) is 11.4 Å². The van der Waals surface area contributed by atoms with Gasteiger partial charge in [0, 0.05) is 12.5 Å². The minimum atomic E-state index is -4.17. The quantitative estimate of drug-likeness (QED) is 0.177. The van der Waals surface area contributed by atoms with E-state index in [-0.39, 0.29) is 23.3 Å². The van der Waals surface area contributed by atoms with E-state index in [9.17, 15) is 27.9 Å². The molecule has 43 heavy (non-hydrogen) atoms. The molecule has 0 spiro atoms. The number of fused-ring (bicyclic) bond motifs is 1. The zero-order chi connectivity index (χ0) is 30.7. The second kappa shape index (κ2) is 16.1. The predicted octanol–water partition coefficient (Wildman–Crippen LogP) is 1.98. The summed E-state index contributed by atoms with van der Waals surface area (Å²) in [7, 11) is -4.17. The van der Waals surface area contributed by atoms with Gasteiger partial charge < -0.3 is 26.4 Å². The largest absolute Gasteiger partial charge is 0.480 e. The van der Waals surface area contributed by atoms with E-state index in [1.165, 1.54) is 12.1 Å². The van der Waals surface area contributed by atoms with E-state index in [1.54, 1.807) is 18.2 Å². The van der Waals surface area contributed by atoms with Crippen molar-refractivity contribution in [2.75, 3.05) is 39.3 Å². The molecule has 1 atom stereocenters. The molecule has 2 aliphatic rings. The average Bonchev–Trinajstić information content (AvgIpc) is 3.02. The molecule has 2 aromatic rings. The Balaban J connectivity index is 1.27. The number of carbonyl (C=O) groups excluding carboxylic acids is 2. The van der Waals surface area contributed by atoms with Gasteiger partial charge in [0.1, 0.15) is 6.04 Å². The summed E-state index contributed by atoms with van der Waals surface area (Å²) in [5.41, 5.74) is 0. The third kappa shape index (κ3) is 10.3. The normalized spacial score (nSPS) is 17.5. The van der Waals surface area contributed by atoms with Gasteiger partial charge in [-0.15, -0.1) is 0 Å². The minimum absolute atomic E-state index is 0.0731. The Morgan fingerprint density at radius 2 is 1.42 bits per heavy atom. The van der Waals surface area contributed by atoms with E-state index in [4.69, 9.17) is 0 Å². The summed E-state index contributed by atoms with van der Waals surface area (Å²) in [4.78, 5) is 37.5. The van der Waals surface area contributed by atoms with Crippen molar-refractivity contribution in [1.29, 1.82) is 0 Å². The number of amides is 2. The standard InChI is InChI=1S/C31H45N5O6S/c37-29(34-20-28(31(39)40)36-43(41,42)27-10-9-24-3-1-2-4-26(24)19-27)21-35-30(38)25(7-5-22-11-15-32-16-12-22)8-6-23-13-17-33-18-14-23/h1-4,9-10,19,22-23,25,28,32-33,36H,5-8,11-18,20-21H2,(H,34,37)(H,35,38)(H,39,40)/t28-/m1/s1. The lowest BCUT2D eigenvalue weighted by atomic mass is 9.84. The molecule has 11 nitrogen and oxygen atoms in total. The van der Waals surface area contributed by atoms with Gasteiger partial charge in [-0.2, -0.15) is 4.72 Å². The Morgan fingerprint density at radius 1 is 0.837 bits per heavy atom. The fourth-order valence-corrected chi connectivity index (χ4v) is 7.20. The van der Waals surface area contributed by atoms with Crippen LogP contribution in [0.3, 0.4) is 0 Å². The van der Waals surface area contributed by atoms with Crippen molar-refractivity contribution in [2.24, 2.45) is 17.8 Å². The summed E-state index contributed by atoms with van der Waals surface area (Å²) in [6.45, 7) is 3.25. The summed E-state index contributed by atoms with van der Waals surface area (Å²) in [5.74, 6) is -1.15. The van der Waals surface area contributed by atoms with E-state index in [0.29, 0.717) is 17.2 Å². The van der Waals surface area contributed by atoms with Crippen molar-refractivity contribution < 1.29 is 27.9 Å². The van der Waals surface area contributed by atoms with Crippen LogP contribution < -0.4 is 26.0 Å². The van der Waals surface area contributed by atoms with Gasteiger partial charge in [0.2, 0.25) is 21.8 Å². The molecule has 236 valence electrons. The molecule has 2 amide bonds. The second-order valence-electron chi connectivity index (χ2n) is 11.8. The molecule has 12 heteroatoms. The Labute approximate surface area is 254 Å². The van der Waals surface area contributed by atoms with Crippen LogP contribution in [0.25, 0.3) is 10.8 Å². The Bertz CT molecular complexity index is 1320. The van der Waals surface area contributed by atoms with Crippen molar-refractivity contribution in [2.45, 2.75) is 62.3 Å². The lowest BCUT2D eigenvalue weighted by Gasteiger charge is -2.27. The van der Waals surface area contributed by atoms with Crippen LogP contribution in [0.2, 0.25) is 0 Å². The molecule has 0 aliphatic carbocycles. The lowest BCUT2D eigenvalue weighted by Crippen LogP contribution is -2.50. The molecule has 6 N–H and O–H groups in total. The third-order valence-corrected chi connectivity index (χ3v) is 10.2. The molecule has 0 unspecified atom stereocenters. The number of hydrogen-bond acceptors (Lipinski definition) is 7. The summed E-state index contributed by atoms with van der Waals surface area (Å²) in [5, 5.41) is 23.1. The van der Waals surface area contributed by atoms with Crippen LogP contribution in [0.1, 0.15) is 51.4 Å². The monoisotopic (exact) mass is 615 g/mol. The van der Waals surface area contributed by atoms with E-state index < -0.39 is 34.5 Å². The highest BCUT2D eigenvalue weighted by molar-refractivity contribution is 7.89. The van der Waals surface area contributed by atoms with E-state index in [1.807, 2.05) is 12.1 Å². The van der Waals surface area contributed by atoms with Crippen LogP contribution >= 0.6 is 0 Å². The first kappa shape index (κ1) is 32.8. The van der Waals surface area contributed by atoms with Crippen molar-refractivity contribution in [3.63, 3.8) is 0 Å². The first-order valence-corrected chi connectivity index (χ1v) is 16.9. The zero-order valence-electron chi connectivity index (χ0n) is 24.6. The van der Waals surface area contributed by atoms with Gasteiger partial charge in [-0.3, -0.25) is 14.4 Å². The maximum atomic E-state index is 13.2. The van der Waals surface area contributed by atoms with Crippen molar-refractivity contribution in [3.05, 3.63) is 42.5 Å². The van der Waals surface area contributed by atoms with Crippen LogP contribution in [-0.2, 0) is 24.4 Å². The smallest absolute Gasteiger partial charge is 0.323 e. The summed E-state index contributed by atoms with van der Waals surface area (Å²) >= 11 is 0. The highest BCUT2D eigenvalue weighted by atomic mass is 32.2. The molecule has 2 aromatic carbocycles. The molecule has 0 bridgehead atoms. The Kier molecular flexibility index (Phi) is 12.3. The van der Waals surface area contributed by atoms with Crippen molar-refractivity contribution in [3.8, 4) is 0 Å². The number of carboxylic acids is 1. The van der Waals surface area contributed by atoms with Crippen molar-refractivity contribution in [1.82, 2.24) is 26.0 Å². The maximum absolute atomic E-state index is 13.2. The molecule has 4 rings (SSSR count). The van der Waals surface area contributed by atoms with Gasteiger partial charge in [-0.05, 0) is 112 Å². The highest BCUT2D eigenvalue weighted by Gasteiger charge is 2.27. The van der Waals surface area contributed by atoms with E-state index in [0.717, 1.165) is 82.9 Å². The number of sulfonamides is 1. The molecular weight excluding hydrogens is 570 g/mol. The second-order valence-corrected chi connectivity index (χ2v) is 13.5. The molecular formula is C31H45N5O6S. The number of rotatable bonds is 15. The number of nitrogens with one attached hydrogen (secondary N) is 5. The van der Waals surface area contributed by atoms with Gasteiger partial charge in [0.25, 0.3) is 0 Å². The van der Waals surface area contributed by atoms with Crippen LogP contribution in [0.4, 0.5) is 0 Å². The molecule has 0 aromatic heterocycles. The van der Waals surface area contributed by atoms with E-state index >= 15 is 0 Å².